The lowest BCUT2D eigenvalue weighted by molar-refractivity contribution is 0.320. The first-order chi connectivity index (χ1) is 8.67. The molecule has 0 aliphatic heterocycles. The van der Waals surface area contributed by atoms with Gasteiger partial charge in [-0.05, 0) is 44.1 Å². The highest BCUT2D eigenvalue weighted by atomic mass is 19.1. The van der Waals surface area contributed by atoms with Gasteiger partial charge in [0.1, 0.15) is 0 Å². The van der Waals surface area contributed by atoms with E-state index < -0.39 is 0 Å². The summed E-state index contributed by atoms with van der Waals surface area (Å²) in [5.41, 5.74) is 6.67. The van der Waals surface area contributed by atoms with E-state index in [-0.39, 0.29) is 11.9 Å². The number of ether oxygens (including phenoxy) is 1. The summed E-state index contributed by atoms with van der Waals surface area (Å²) in [6.07, 6.45) is 0.955. The van der Waals surface area contributed by atoms with Crippen molar-refractivity contribution in [3.8, 4) is 5.75 Å². The smallest absolute Gasteiger partial charge is 0.165 e. The summed E-state index contributed by atoms with van der Waals surface area (Å²) in [6, 6.07) is 5.19. The quantitative estimate of drug-likeness (QED) is 0.786. The Kier molecular flexibility index (Phi) is 6.09. The predicted octanol–water partition coefficient (Wildman–Crippen LogP) is 2.47. The van der Waals surface area contributed by atoms with Gasteiger partial charge in [-0.25, -0.2) is 4.39 Å². The van der Waals surface area contributed by atoms with Crippen LogP contribution < -0.4 is 15.8 Å². The number of halogens is 1. The number of benzene rings is 1. The van der Waals surface area contributed by atoms with Crippen LogP contribution in [0.3, 0.4) is 0 Å². The fourth-order valence-corrected chi connectivity index (χ4v) is 2.20. The first kappa shape index (κ1) is 14.9. The topological polar surface area (TPSA) is 47.3 Å². The van der Waals surface area contributed by atoms with Crippen LogP contribution in [0.2, 0.25) is 0 Å². The normalized spacial score (nSPS) is 14.3. The summed E-state index contributed by atoms with van der Waals surface area (Å²) >= 11 is 0. The molecule has 0 aliphatic rings. The lowest BCUT2D eigenvalue weighted by Gasteiger charge is -2.25. The third-order valence-electron chi connectivity index (χ3n) is 3.22. The minimum Gasteiger partial charge on any atom is -0.491 e. The lowest BCUT2D eigenvalue weighted by Crippen LogP contribution is -2.30. The van der Waals surface area contributed by atoms with Gasteiger partial charge >= 0.3 is 0 Å². The zero-order valence-corrected chi connectivity index (χ0v) is 11.4. The van der Waals surface area contributed by atoms with Crippen LogP contribution in [0.1, 0.15) is 31.9 Å². The number of nitrogens with two attached hydrogens (primary N) is 1. The van der Waals surface area contributed by atoms with Gasteiger partial charge in [-0.15, -0.1) is 0 Å². The summed E-state index contributed by atoms with van der Waals surface area (Å²) in [5.74, 6) is 0.283. The minimum absolute atomic E-state index is 0.0742. The Balaban J connectivity index is 2.96. The second-order valence-corrected chi connectivity index (χ2v) is 4.29. The van der Waals surface area contributed by atoms with Gasteiger partial charge in [0.15, 0.2) is 11.6 Å². The van der Waals surface area contributed by atoms with Crippen LogP contribution in [0.15, 0.2) is 18.2 Å². The van der Waals surface area contributed by atoms with Gasteiger partial charge in [0.2, 0.25) is 0 Å². The van der Waals surface area contributed by atoms with Crippen LogP contribution in [0.4, 0.5) is 4.39 Å². The van der Waals surface area contributed by atoms with Crippen molar-refractivity contribution < 1.29 is 9.13 Å². The van der Waals surface area contributed by atoms with Gasteiger partial charge in [0.05, 0.1) is 6.61 Å². The predicted molar refractivity (Wildman–Crippen MR) is 72.2 cm³/mol. The van der Waals surface area contributed by atoms with E-state index in [1.807, 2.05) is 20.0 Å². The molecule has 0 fully saturated rings. The molecule has 3 nitrogen and oxygen atoms in total. The summed E-state index contributed by atoms with van der Waals surface area (Å²) < 4.78 is 19.0. The molecule has 3 N–H and O–H groups in total. The fourth-order valence-electron chi connectivity index (χ4n) is 2.20. The van der Waals surface area contributed by atoms with Crippen LogP contribution in [0.25, 0.3) is 0 Å². The number of hydrogen-bond donors (Lipinski definition) is 2. The minimum atomic E-state index is -0.318. The largest absolute Gasteiger partial charge is 0.491 e. The molecule has 0 aromatic heterocycles. The molecule has 102 valence electrons. The van der Waals surface area contributed by atoms with Crippen molar-refractivity contribution in [2.75, 3.05) is 20.2 Å². The molecular formula is C14H23FN2O. The second-order valence-electron chi connectivity index (χ2n) is 4.29. The van der Waals surface area contributed by atoms with Crippen LogP contribution >= 0.6 is 0 Å². The van der Waals surface area contributed by atoms with Crippen molar-refractivity contribution in [2.24, 2.45) is 11.7 Å². The molecule has 0 aliphatic carbocycles. The molecule has 0 heterocycles. The van der Waals surface area contributed by atoms with E-state index >= 15 is 0 Å². The average molecular weight is 254 g/mol. The highest BCUT2D eigenvalue weighted by Crippen LogP contribution is 2.27. The molecule has 2 unspecified atom stereocenters. The Morgan fingerprint density at radius 2 is 2.11 bits per heavy atom. The molecule has 0 amide bonds. The van der Waals surface area contributed by atoms with E-state index in [1.165, 1.54) is 6.07 Å². The van der Waals surface area contributed by atoms with Crippen LogP contribution in [0, 0.1) is 11.7 Å². The van der Waals surface area contributed by atoms with Gasteiger partial charge < -0.3 is 15.8 Å². The SMILES string of the molecule is CCOc1ccc(C(NC)C(CC)CN)cc1F. The molecule has 18 heavy (non-hydrogen) atoms. The highest BCUT2D eigenvalue weighted by molar-refractivity contribution is 5.31. The molecule has 0 radical (unpaired) electrons. The third kappa shape index (κ3) is 3.43. The van der Waals surface area contributed by atoms with Crippen LogP contribution in [-0.4, -0.2) is 20.2 Å². The van der Waals surface area contributed by atoms with Gasteiger partial charge in [-0.1, -0.05) is 19.4 Å². The van der Waals surface area contributed by atoms with Crippen LogP contribution in [-0.2, 0) is 0 Å². The van der Waals surface area contributed by atoms with E-state index in [0.717, 1.165) is 12.0 Å². The first-order valence-corrected chi connectivity index (χ1v) is 6.47. The monoisotopic (exact) mass is 254 g/mol. The maximum Gasteiger partial charge on any atom is 0.165 e. The molecule has 0 bridgehead atoms. The van der Waals surface area contributed by atoms with Gasteiger partial charge in [-0.3, -0.25) is 0 Å². The van der Waals surface area contributed by atoms with Crippen molar-refractivity contribution in [3.05, 3.63) is 29.6 Å². The van der Waals surface area contributed by atoms with Crippen molar-refractivity contribution in [3.63, 3.8) is 0 Å². The molecule has 0 saturated heterocycles. The van der Waals surface area contributed by atoms with Crippen LogP contribution in [0.5, 0.6) is 5.75 Å². The Morgan fingerprint density at radius 1 is 1.39 bits per heavy atom. The Labute approximate surface area is 109 Å². The Hall–Kier alpha value is -1.13. The van der Waals surface area contributed by atoms with E-state index in [4.69, 9.17) is 10.5 Å². The first-order valence-electron chi connectivity index (χ1n) is 6.47. The van der Waals surface area contributed by atoms with E-state index in [2.05, 4.69) is 12.2 Å². The zero-order valence-electron chi connectivity index (χ0n) is 11.4. The summed E-state index contributed by atoms with van der Waals surface area (Å²) in [7, 11) is 1.87. The van der Waals surface area contributed by atoms with Gasteiger partial charge in [0, 0.05) is 6.04 Å². The molecular weight excluding hydrogens is 231 g/mol. The lowest BCUT2D eigenvalue weighted by atomic mass is 9.91. The second kappa shape index (κ2) is 7.34. The molecule has 4 heteroatoms. The maximum atomic E-state index is 13.8. The zero-order chi connectivity index (χ0) is 13.5. The highest BCUT2D eigenvalue weighted by Gasteiger charge is 2.20. The third-order valence-corrected chi connectivity index (χ3v) is 3.22. The maximum absolute atomic E-state index is 13.8. The van der Waals surface area contributed by atoms with E-state index in [1.54, 1.807) is 6.07 Å². The molecule has 0 spiro atoms. The fraction of sp³-hybridized carbons (Fsp3) is 0.571. The molecule has 1 aromatic rings. The van der Waals surface area contributed by atoms with E-state index in [0.29, 0.717) is 24.8 Å². The number of nitrogens with one attached hydrogen (secondary N) is 1. The van der Waals surface area contributed by atoms with Crippen molar-refractivity contribution >= 4 is 0 Å². The Bertz CT molecular complexity index is 367. The standard InChI is InChI=1S/C14H23FN2O/c1-4-10(9-16)14(17-3)11-6-7-13(18-5-2)12(15)8-11/h6-8,10,14,17H,4-5,9,16H2,1-3H3. The number of rotatable bonds is 7. The van der Waals surface area contributed by atoms with E-state index in [9.17, 15) is 4.39 Å². The van der Waals surface area contributed by atoms with Gasteiger partial charge in [-0.2, -0.15) is 0 Å². The molecule has 1 rings (SSSR count). The van der Waals surface area contributed by atoms with Crippen molar-refractivity contribution in [1.29, 1.82) is 0 Å². The van der Waals surface area contributed by atoms with Crippen molar-refractivity contribution in [1.82, 2.24) is 5.32 Å². The summed E-state index contributed by atoms with van der Waals surface area (Å²) in [6.45, 7) is 4.97. The summed E-state index contributed by atoms with van der Waals surface area (Å²) in [5, 5.41) is 3.21. The van der Waals surface area contributed by atoms with Crippen molar-refractivity contribution in [2.45, 2.75) is 26.3 Å². The molecule has 0 saturated carbocycles. The Morgan fingerprint density at radius 3 is 2.56 bits per heavy atom. The van der Waals surface area contributed by atoms with Gasteiger partial charge in [0.25, 0.3) is 0 Å². The molecule has 1 aromatic carbocycles. The average Bonchev–Trinajstić information content (AvgIpc) is 2.38. The number of hydrogen-bond acceptors (Lipinski definition) is 3. The summed E-state index contributed by atoms with van der Waals surface area (Å²) in [4.78, 5) is 0. The molecule has 2 atom stereocenters.